The number of nitrogens with one attached hydrogen (secondary N) is 1. The second-order valence-corrected chi connectivity index (χ2v) is 4.35. The average Bonchev–Trinajstić information content (AvgIpc) is 2.32. The van der Waals surface area contributed by atoms with Crippen molar-refractivity contribution in [1.29, 1.82) is 0 Å². The van der Waals surface area contributed by atoms with E-state index in [1.807, 2.05) is 0 Å². The molecule has 2 amide bonds. The van der Waals surface area contributed by atoms with Gasteiger partial charge in [-0.25, -0.2) is 4.79 Å². The molecule has 0 heterocycles. The summed E-state index contributed by atoms with van der Waals surface area (Å²) < 4.78 is 0. The highest BCUT2D eigenvalue weighted by Gasteiger charge is 2.16. The zero-order valence-corrected chi connectivity index (χ0v) is 11.2. The molecule has 5 nitrogen and oxygen atoms in total. The highest BCUT2D eigenvalue weighted by molar-refractivity contribution is 6.35. The third-order valence-electron chi connectivity index (χ3n) is 2.07. The van der Waals surface area contributed by atoms with Crippen LogP contribution in [0.2, 0.25) is 10.0 Å². The van der Waals surface area contributed by atoms with Crippen molar-refractivity contribution < 1.29 is 14.7 Å². The quantitative estimate of drug-likeness (QED) is 0.840. The second-order valence-electron chi connectivity index (χ2n) is 3.51. The third-order valence-corrected chi connectivity index (χ3v) is 2.63. The number of benzene rings is 1. The number of nitrogens with zero attached hydrogens (tertiary/aromatic N) is 1. The second kappa shape index (κ2) is 6.88. The third kappa shape index (κ3) is 4.70. The molecule has 0 aromatic heterocycles. The smallest absolute Gasteiger partial charge is 0.323 e. The minimum absolute atomic E-state index is 0.129. The van der Waals surface area contributed by atoms with Gasteiger partial charge in [0.25, 0.3) is 0 Å². The Bertz CT molecular complexity index is 540. The van der Waals surface area contributed by atoms with Gasteiger partial charge in [-0.15, -0.1) is 6.42 Å². The zero-order chi connectivity index (χ0) is 14.4. The monoisotopic (exact) mass is 300 g/mol. The lowest BCUT2D eigenvalue weighted by atomic mass is 10.3. The predicted octanol–water partition coefficient (Wildman–Crippen LogP) is 2.55. The van der Waals surface area contributed by atoms with Crippen LogP contribution in [0.25, 0.3) is 0 Å². The van der Waals surface area contributed by atoms with E-state index in [1.54, 1.807) is 6.07 Å². The normalized spacial score (nSPS) is 9.53. The summed E-state index contributed by atoms with van der Waals surface area (Å²) in [6, 6.07) is 3.87. The van der Waals surface area contributed by atoms with E-state index in [0.717, 1.165) is 4.90 Å². The molecular weight excluding hydrogens is 291 g/mol. The molecule has 0 unspecified atom stereocenters. The lowest BCUT2D eigenvalue weighted by Gasteiger charge is -2.19. The van der Waals surface area contributed by atoms with Gasteiger partial charge in [0, 0.05) is 5.02 Å². The maximum atomic E-state index is 11.9. The Labute approximate surface area is 120 Å². The molecule has 2 N–H and O–H groups in total. The number of amides is 2. The minimum atomic E-state index is -1.16. The van der Waals surface area contributed by atoms with Crippen molar-refractivity contribution in [3.63, 3.8) is 0 Å². The first-order valence-corrected chi connectivity index (χ1v) is 5.86. The van der Waals surface area contributed by atoms with Gasteiger partial charge in [0.05, 0.1) is 17.3 Å². The van der Waals surface area contributed by atoms with Crippen LogP contribution in [0.3, 0.4) is 0 Å². The summed E-state index contributed by atoms with van der Waals surface area (Å²) in [5, 5.41) is 11.8. The number of urea groups is 1. The van der Waals surface area contributed by atoms with Crippen LogP contribution in [0, 0.1) is 12.3 Å². The van der Waals surface area contributed by atoms with E-state index in [0.29, 0.717) is 5.02 Å². The summed E-state index contributed by atoms with van der Waals surface area (Å²) in [6.07, 6.45) is 5.08. The highest BCUT2D eigenvalue weighted by atomic mass is 35.5. The molecule has 0 aliphatic carbocycles. The van der Waals surface area contributed by atoms with Crippen molar-refractivity contribution in [2.45, 2.75) is 0 Å². The summed E-state index contributed by atoms with van der Waals surface area (Å²) in [4.78, 5) is 23.4. The largest absolute Gasteiger partial charge is 0.480 e. The van der Waals surface area contributed by atoms with Gasteiger partial charge in [0.15, 0.2) is 0 Å². The first kappa shape index (κ1) is 15.2. The molecule has 0 saturated carbocycles. The Kier molecular flexibility index (Phi) is 5.49. The van der Waals surface area contributed by atoms with E-state index in [4.69, 9.17) is 34.7 Å². The van der Waals surface area contributed by atoms with Crippen LogP contribution in [0.1, 0.15) is 0 Å². The zero-order valence-electron chi connectivity index (χ0n) is 9.69. The first-order valence-electron chi connectivity index (χ1n) is 5.10. The Hall–Kier alpha value is -1.90. The topological polar surface area (TPSA) is 69.6 Å². The van der Waals surface area contributed by atoms with E-state index in [1.165, 1.54) is 12.1 Å². The molecule has 0 saturated heterocycles. The maximum Gasteiger partial charge on any atom is 0.323 e. The first-order chi connectivity index (χ1) is 8.93. The van der Waals surface area contributed by atoms with Gasteiger partial charge in [-0.3, -0.25) is 4.79 Å². The van der Waals surface area contributed by atoms with Crippen LogP contribution in [0.4, 0.5) is 10.5 Å². The van der Waals surface area contributed by atoms with Crippen LogP contribution in [0.15, 0.2) is 18.2 Å². The maximum absolute atomic E-state index is 11.9. The molecule has 1 aromatic carbocycles. The van der Waals surface area contributed by atoms with E-state index in [9.17, 15) is 9.59 Å². The number of halogens is 2. The molecule has 0 aliphatic heterocycles. The molecule has 1 rings (SSSR count). The van der Waals surface area contributed by atoms with Crippen LogP contribution >= 0.6 is 23.2 Å². The van der Waals surface area contributed by atoms with Gasteiger partial charge in [-0.2, -0.15) is 0 Å². The molecule has 1 aromatic rings. The number of carboxylic acid groups (broad SMARTS) is 1. The summed E-state index contributed by atoms with van der Waals surface area (Å²) in [5.41, 5.74) is 0.284. The molecule has 0 spiro atoms. The van der Waals surface area contributed by atoms with Crippen molar-refractivity contribution in [3.8, 4) is 12.3 Å². The SMILES string of the molecule is C#CCN(CC(=O)O)C(=O)Nc1cc(Cl)ccc1Cl. The Morgan fingerprint density at radius 2 is 2.11 bits per heavy atom. The van der Waals surface area contributed by atoms with Gasteiger partial charge in [0.1, 0.15) is 6.54 Å². The molecule has 19 heavy (non-hydrogen) atoms. The van der Waals surface area contributed by atoms with Crippen LogP contribution in [-0.4, -0.2) is 35.1 Å². The van der Waals surface area contributed by atoms with Gasteiger partial charge >= 0.3 is 12.0 Å². The Balaban J connectivity index is 2.84. The van der Waals surface area contributed by atoms with Gasteiger partial charge in [0.2, 0.25) is 0 Å². The fourth-order valence-electron chi connectivity index (χ4n) is 1.26. The summed E-state index contributed by atoms with van der Waals surface area (Å²) >= 11 is 11.7. The molecule has 0 atom stereocenters. The number of aliphatic carboxylic acids is 1. The number of carbonyl (C=O) groups excluding carboxylic acids is 1. The van der Waals surface area contributed by atoms with Crippen LogP contribution < -0.4 is 5.32 Å². The van der Waals surface area contributed by atoms with Crippen LogP contribution in [0.5, 0.6) is 0 Å². The lowest BCUT2D eigenvalue weighted by Crippen LogP contribution is -2.39. The molecule has 0 fully saturated rings. The summed E-state index contributed by atoms with van der Waals surface area (Å²) in [5.74, 6) is 1.04. The van der Waals surface area contributed by atoms with Gasteiger partial charge in [-0.1, -0.05) is 29.1 Å². The number of carboxylic acids is 1. The van der Waals surface area contributed by atoms with Crippen LogP contribution in [-0.2, 0) is 4.79 Å². The van der Waals surface area contributed by atoms with E-state index < -0.39 is 18.5 Å². The Morgan fingerprint density at radius 1 is 1.42 bits per heavy atom. The molecule has 0 aliphatic rings. The van der Waals surface area contributed by atoms with E-state index in [-0.39, 0.29) is 17.3 Å². The van der Waals surface area contributed by atoms with Crippen molar-refractivity contribution in [2.24, 2.45) is 0 Å². The van der Waals surface area contributed by atoms with Crippen molar-refractivity contribution in [1.82, 2.24) is 4.90 Å². The van der Waals surface area contributed by atoms with Gasteiger partial charge in [-0.05, 0) is 18.2 Å². The number of hydrogen-bond acceptors (Lipinski definition) is 2. The van der Waals surface area contributed by atoms with Crippen molar-refractivity contribution >= 4 is 40.9 Å². The molecule has 0 bridgehead atoms. The van der Waals surface area contributed by atoms with Crippen molar-refractivity contribution in [2.75, 3.05) is 18.4 Å². The molecule has 7 heteroatoms. The van der Waals surface area contributed by atoms with Gasteiger partial charge < -0.3 is 15.3 Å². The minimum Gasteiger partial charge on any atom is -0.480 e. The fourth-order valence-corrected chi connectivity index (χ4v) is 1.60. The summed E-state index contributed by atoms with van der Waals surface area (Å²) in [6.45, 7) is -0.634. The average molecular weight is 301 g/mol. The Morgan fingerprint density at radius 3 is 2.68 bits per heavy atom. The number of anilines is 1. The van der Waals surface area contributed by atoms with Crippen molar-refractivity contribution in [3.05, 3.63) is 28.2 Å². The fraction of sp³-hybridized carbons (Fsp3) is 0.167. The number of carbonyl (C=O) groups is 2. The highest BCUT2D eigenvalue weighted by Crippen LogP contribution is 2.25. The summed E-state index contributed by atoms with van der Waals surface area (Å²) in [7, 11) is 0. The number of rotatable bonds is 4. The molecule has 0 radical (unpaired) electrons. The lowest BCUT2D eigenvalue weighted by molar-refractivity contribution is -0.137. The number of hydrogen-bond donors (Lipinski definition) is 2. The number of terminal acetylenes is 1. The molecular formula is C12H10Cl2N2O3. The van der Waals surface area contributed by atoms with E-state index in [2.05, 4.69) is 11.2 Å². The molecule has 100 valence electrons. The standard InChI is InChI=1S/C12H10Cl2N2O3/c1-2-5-16(7-11(17)18)12(19)15-10-6-8(13)3-4-9(10)14/h1,3-4,6H,5,7H2,(H,15,19)(H,17,18). The van der Waals surface area contributed by atoms with E-state index >= 15 is 0 Å². The predicted molar refractivity (Wildman–Crippen MR) is 73.5 cm³/mol.